The van der Waals surface area contributed by atoms with Crippen LogP contribution >= 0.6 is 0 Å². The SMILES string of the molecule is Cc1ncc(O[C@@H]2CC[C@H](NC(=O)O)C2)c(-c2ccno2)c1F. The van der Waals surface area contributed by atoms with E-state index in [4.69, 9.17) is 14.4 Å². The molecule has 2 N–H and O–H groups in total. The van der Waals surface area contributed by atoms with Gasteiger partial charge in [-0.2, -0.15) is 0 Å². The van der Waals surface area contributed by atoms with Gasteiger partial charge in [0, 0.05) is 18.5 Å². The number of nitrogens with zero attached hydrogens (tertiary/aromatic N) is 2. The van der Waals surface area contributed by atoms with E-state index in [0.717, 1.165) is 0 Å². The van der Waals surface area contributed by atoms with Gasteiger partial charge in [0.2, 0.25) is 0 Å². The quantitative estimate of drug-likeness (QED) is 0.898. The van der Waals surface area contributed by atoms with Gasteiger partial charge in [0.25, 0.3) is 0 Å². The zero-order chi connectivity index (χ0) is 16.4. The van der Waals surface area contributed by atoms with Crippen molar-refractivity contribution >= 4 is 6.09 Å². The highest BCUT2D eigenvalue weighted by molar-refractivity contribution is 5.66. The van der Waals surface area contributed by atoms with Crippen LogP contribution < -0.4 is 10.1 Å². The number of aromatic nitrogens is 2. The lowest BCUT2D eigenvalue weighted by molar-refractivity contribution is 0.185. The second-order valence-corrected chi connectivity index (χ2v) is 5.47. The fourth-order valence-corrected chi connectivity index (χ4v) is 2.76. The van der Waals surface area contributed by atoms with Crippen molar-refractivity contribution in [3.63, 3.8) is 0 Å². The maximum Gasteiger partial charge on any atom is 0.404 e. The molecule has 7 nitrogen and oxygen atoms in total. The number of ether oxygens (including phenoxy) is 1. The van der Waals surface area contributed by atoms with Gasteiger partial charge in [-0.15, -0.1) is 0 Å². The van der Waals surface area contributed by atoms with Gasteiger partial charge in [-0.25, -0.2) is 9.18 Å². The van der Waals surface area contributed by atoms with Gasteiger partial charge in [-0.1, -0.05) is 5.16 Å². The van der Waals surface area contributed by atoms with Crippen molar-refractivity contribution in [1.29, 1.82) is 0 Å². The summed E-state index contributed by atoms with van der Waals surface area (Å²) in [6.45, 7) is 1.56. The first-order valence-electron chi connectivity index (χ1n) is 7.27. The number of hydrogen-bond donors (Lipinski definition) is 2. The molecule has 0 aliphatic heterocycles. The molecule has 2 heterocycles. The van der Waals surface area contributed by atoms with Crippen molar-refractivity contribution in [2.75, 3.05) is 0 Å². The van der Waals surface area contributed by atoms with Crippen LogP contribution in [-0.2, 0) is 0 Å². The fourth-order valence-electron chi connectivity index (χ4n) is 2.76. The van der Waals surface area contributed by atoms with Gasteiger partial charge in [0.1, 0.15) is 11.7 Å². The maximum atomic E-state index is 14.4. The van der Waals surface area contributed by atoms with Gasteiger partial charge >= 0.3 is 6.09 Å². The Balaban J connectivity index is 1.81. The molecule has 0 spiro atoms. The van der Waals surface area contributed by atoms with Crippen molar-refractivity contribution in [2.24, 2.45) is 0 Å². The van der Waals surface area contributed by atoms with Crippen LogP contribution in [0.5, 0.6) is 5.75 Å². The van der Waals surface area contributed by atoms with Gasteiger partial charge in [-0.05, 0) is 19.8 Å². The first-order chi connectivity index (χ1) is 11.0. The minimum Gasteiger partial charge on any atom is -0.488 e. The van der Waals surface area contributed by atoms with E-state index in [2.05, 4.69) is 15.5 Å². The van der Waals surface area contributed by atoms with Gasteiger partial charge in [0.15, 0.2) is 17.3 Å². The summed E-state index contributed by atoms with van der Waals surface area (Å²) in [6, 6.07) is 1.39. The lowest BCUT2D eigenvalue weighted by Crippen LogP contribution is -2.32. The summed E-state index contributed by atoms with van der Waals surface area (Å²) in [7, 11) is 0. The van der Waals surface area contributed by atoms with E-state index in [1.54, 1.807) is 13.0 Å². The smallest absolute Gasteiger partial charge is 0.404 e. The van der Waals surface area contributed by atoms with Crippen molar-refractivity contribution in [2.45, 2.75) is 38.3 Å². The number of rotatable bonds is 4. The van der Waals surface area contributed by atoms with Crippen LogP contribution in [0.25, 0.3) is 11.3 Å². The van der Waals surface area contributed by atoms with E-state index in [1.165, 1.54) is 12.4 Å². The molecule has 1 fully saturated rings. The molecule has 2 aromatic rings. The first-order valence-corrected chi connectivity index (χ1v) is 7.27. The monoisotopic (exact) mass is 321 g/mol. The topological polar surface area (TPSA) is 97.5 Å². The highest BCUT2D eigenvalue weighted by atomic mass is 19.1. The lowest BCUT2D eigenvalue weighted by atomic mass is 10.1. The minimum absolute atomic E-state index is 0.158. The molecule has 2 aromatic heterocycles. The van der Waals surface area contributed by atoms with Crippen molar-refractivity contribution in [1.82, 2.24) is 15.5 Å². The summed E-state index contributed by atoms with van der Waals surface area (Å²) in [4.78, 5) is 14.7. The largest absolute Gasteiger partial charge is 0.488 e. The molecular weight excluding hydrogens is 305 g/mol. The Morgan fingerprint density at radius 1 is 1.52 bits per heavy atom. The van der Waals surface area contributed by atoms with Crippen molar-refractivity contribution < 1.29 is 23.6 Å². The summed E-state index contributed by atoms with van der Waals surface area (Å²) in [5, 5.41) is 14.8. The number of carboxylic acid groups (broad SMARTS) is 1. The molecular formula is C15H16FN3O4. The maximum absolute atomic E-state index is 14.4. The summed E-state index contributed by atoms with van der Waals surface area (Å²) in [5.41, 5.74) is 0.422. The van der Waals surface area contributed by atoms with E-state index >= 15 is 0 Å². The van der Waals surface area contributed by atoms with E-state index in [1.807, 2.05) is 0 Å². The Kier molecular flexibility index (Phi) is 4.14. The molecule has 23 heavy (non-hydrogen) atoms. The summed E-state index contributed by atoms with van der Waals surface area (Å²) >= 11 is 0. The fraction of sp³-hybridized carbons (Fsp3) is 0.400. The van der Waals surface area contributed by atoms with E-state index < -0.39 is 11.9 Å². The molecule has 0 aromatic carbocycles. The van der Waals surface area contributed by atoms with E-state index in [0.29, 0.717) is 19.3 Å². The van der Waals surface area contributed by atoms with E-state index in [9.17, 15) is 9.18 Å². The van der Waals surface area contributed by atoms with Crippen LogP contribution in [-0.4, -0.2) is 33.5 Å². The number of amides is 1. The molecule has 3 rings (SSSR count). The van der Waals surface area contributed by atoms with Crippen LogP contribution in [0.4, 0.5) is 9.18 Å². The molecule has 0 saturated heterocycles. The number of aryl methyl sites for hydroxylation is 1. The Hall–Kier alpha value is -2.64. The molecule has 1 aliphatic rings. The molecule has 0 unspecified atom stereocenters. The third-order valence-electron chi connectivity index (χ3n) is 3.85. The zero-order valence-corrected chi connectivity index (χ0v) is 12.5. The lowest BCUT2D eigenvalue weighted by Gasteiger charge is -2.17. The standard InChI is InChI=1S/C15H16FN3O4/c1-8-14(16)13(11-4-5-18-23-11)12(7-17-8)22-10-3-2-9(6-10)19-15(20)21/h4-5,7,9-10,19H,2-3,6H2,1H3,(H,20,21)/t9-,10+/m0/s1. The summed E-state index contributed by atoms with van der Waals surface area (Å²) in [5.74, 6) is 0.0180. The van der Waals surface area contributed by atoms with Crippen LogP contribution in [0.2, 0.25) is 0 Å². The second kappa shape index (κ2) is 6.23. The van der Waals surface area contributed by atoms with Gasteiger partial charge in [0.05, 0.1) is 18.1 Å². The van der Waals surface area contributed by atoms with Gasteiger partial charge < -0.3 is 19.7 Å². The molecule has 1 saturated carbocycles. The second-order valence-electron chi connectivity index (χ2n) is 5.47. The molecule has 0 bridgehead atoms. The average molecular weight is 321 g/mol. The summed E-state index contributed by atoms with van der Waals surface area (Å²) < 4.78 is 25.3. The molecule has 1 aliphatic carbocycles. The van der Waals surface area contributed by atoms with Crippen LogP contribution in [0.3, 0.4) is 0 Å². The minimum atomic E-state index is -1.05. The van der Waals surface area contributed by atoms with Crippen LogP contribution in [0.1, 0.15) is 25.0 Å². The van der Waals surface area contributed by atoms with E-state index in [-0.39, 0.29) is 34.9 Å². The Labute approximate surface area is 131 Å². The number of nitrogens with one attached hydrogen (secondary N) is 1. The Morgan fingerprint density at radius 2 is 2.35 bits per heavy atom. The Bertz CT molecular complexity index is 705. The van der Waals surface area contributed by atoms with Gasteiger partial charge in [-0.3, -0.25) is 4.98 Å². The third kappa shape index (κ3) is 3.25. The molecule has 1 amide bonds. The number of pyridine rings is 1. The first kappa shape index (κ1) is 15.3. The van der Waals surface area contributed by atoms with Crippen molar-refractivity contribution in [3.05, 3.63) is 30.0 Å². The normalized spacial score (nSPS) is 20.4. The average Bonchev–Trinajstić information content (AvgIpc) is 3.15. The molecule has 2 atom stereocenters. The molecule has 0 radical (unpaired) electrons. The molecule has 8 heteroatoms. The zero-order valence-electron chi connectivity index (χ0n) is 12.5. The predicted octanol–water partition coefficient (Wildman–Crippen LogP) is 2.75. The highest BCUT2D eigenvalue weighted by Crippen LogP contribution is 2.35. The highest BCUT2D eigenvalue weighted by Gasteiger charge is 2.29. The van der Waals surface area contributed by atoms with Crippen LogP contribution in [0, 0.1) is 12.7 Å². The summed E-state index contributed by atoms with van der Waals surface area (Å²) in [6.07, 6.45) is 3.49. The predicted molar refractivity (Wildman–Crippen MR) is 77.6 cm³/mol. The Morgan fingerprint density at radius 3 is 3.04 bits per heavy atom. The molecule has 122 valence electrons. The number of carbonyl (C=O) groups is 1. The van der Waals surface area contributed by atoms with Crippen LogP contribution in [0.15, 0.2) is 23.0 Å². The number of hydrogen-bond acceptors (Lipinski definition) is 5. The third-order valence-corrected chi connectivity index (χ3v) is 3.85. The number of halogens is 1. The van der Waals surface area contributed by atoms with Crippen molar-refractivity contribution in [3.8, 4) is 17.1 Å².